The molecule has 2 aromatic heterocycles. The fourth-order valence-electron chi connectivity index (χ4n) is 3.59. The van der Waals surface area contributed by atoms with Gasteiger partial charge >= 0.3 is 0 Å². The summed E-state index contributed by atoms with van der Waals surface area (Å²) in [5.74, 6) is 1.60. The Morgan fingerprint density at radius 3 is 2.46 bits per heavy atom. The first-order valence-electron chi connectivity index (χ1n) is 9.43. The van der Waals surface area contributed by atoms with Crippen molar-refractivity contribution >= 4 is 23.3 Å². The number of aromatic nitrogens is 1. The SMILES string of the molecule is O=C(C(Cc1ccco1)c1ccc(Cl)cc1)N1CCN(c2ccccn2)CC1. The third-order valence-corrected chi connectivity index (χ3v) is 5.37. The van der Waals surface area contributed by atoms with Crippen molar-refractivity contribution in [2.75, 3.05) is 31.1 Å². The third kappa shape index (κ3) is 4.20. The second kappa shape index (κ2) is 8.48. The summed E-state index contributed by atoms with van der Waals surface area (Å²) in [4.78, 5) is 21.9. The van der Waals surface area contributed by atoms with Crippen LogP contribution in [0.1, 0.15) is 17.2 Å². The molecule has 1 unspecified atom stereocenters. The normalized spacial score (nSPS) is 15.5. The molecule has 1 aromatic carbocycles. The maximum Gasteiger partial charge on any atom is 0.230 e. The Bertz CT molecular complexity index is 889. The monoisotopic (exact) mass is 395 g/mol. The minimum atomic E-state index is -0.287. The number of amides is 1. The van der Waals surface area contributed by atoms with Crippen molar-refractivity contribution in [1.29, 1.82) is 0 Å². The van der Waals surface area contributed by atoms with Gasteiger partial charge in [-0.3, -0.25) is 4.79 Å². The van der Waals surface area contributed by atoms with Gasteiger partial charge in [0.25, 0.3) is 0 Å². The summed E-state index contributed by atoms with van der Waals surface area (Å²) in [5.41, 5.74) is 0.956. The van der Waals surface area contributed by atoms with Gasteiger partial charge in [0.05, 0.1) is 12.2 Å². The molecule has 1 atom stereocenters. The number of hydrogen-bond acceptors (Lipinski definition) is 4. The summed E-state index contributed by atoms with van der Waals surface area (Å²) >= 11 is 6.04. The lowest BCUT2D eigenvalue weighted by atomic mass is 9.93. The molecule has 0 N–H and O–H groups in total. The maximum absolute atomic E-state index is 13.4. The number of benzene rings is 1. The number of piperazine rings is 1. The average Bonchev–Trinajstić information content (AvgIpc) is 3.26. The van der Waals surface area contributed by atoms with Crippen LogP contribution in [0.4, 0.5) is 5.82 Å². The number of carbonyl (C=O) groups excluding carboxylic acids is 1. The van der Waals surface area contributed by atoms with Gasteiger partial charge in [0.2, 0.25) is 5.91 Å². The van der Waals surface area contributed by atoms with E-state index in [9.17, 15) is 4.79 Å². The number of furan rings is 1. The predicted octanol–water partition coefficient (Wildman–Crippen LogP) is 4.00. The molecule has 4 rings (SSSR count). The first-order valence-corrected chi connectivity index (χ1v) is 9.81. The molecule has 3 aromatic rings. The van der Waals surface area contributed by atoms with Crippen LogP contribution < -0.4 is 4.90 Å². The zero-order valence-corrected chi connectivity index (χ0v) is 16.3. The molecule has 1 aliphatic rings. The topological polar surface area (TPSA) is 49.6 Å². The van der Waals surface area contributed by atoms with Gasteiger partial charge in [0, 0.05) is 43.8 Å². The van der Waals surface area contributed by atoms with Crippen LogP contribution >= 0.6 is 11.6 Å². The quantitative estimate of drug-likeness (QED) is 0.655. The van der Waals surface area contributed by atoms with E-state index in [1.807, 2.05) is 59.5 Å². The highest BCUT2D eigenvalue weighted by Crippen LogP contribution is 2.26. The fraction of sp³-hybridized carbons (Fsp3) is 0.273. The highest BCUT2D eigenvalue weighted by atomic mass is 35.5. The highest BCUT2D eigenvalue weighted by molar-refractivity contribution is 6.30. The Balaban J connectivity index is 1.48. The Labute approximate surface area is 169 Å². The molecular formula is C22H22ClN3O2. The molecule has 6 heteroatoms. The van der Waals surface area contributed by atoms with Gasteiger partial charge in [-0.2, -0.15) is 0 Å². The Morgan fingerprint density at radius 1 is 1.04 bits per heavy atom. The second-order valence-electron chi connectivity index (χ2n) is 6.89. The highest BCUT2D eigenvalue weighted by Gasteiger charge is 2.29. The van der Waals surface area contributed by atoms with E-state index in [1.54, 1.807) is 12.5 Å². The summed E-state index contributed by atoms with van der Waals surface area (Å²) in [6.45, 7) is 2.91. The van der Waals surface area contributed by atoms with Crippen molar-refractivity contribution in [2.24, 2.45) is 0 Å². The minimum absolute atomic E-state index is 0.124. The number of halogens is 1. The molecule has 28 heavy (non-hydrogen) atoms. The van der Waals surface area contributed by atoms with Crippen LogP contribution in [-0.4, -0.2) is 42.0 Å². The number of anilines is 1. The number of hydrogen-bond donors (Lipinski definition) is 0. The molecule has 1 aliphatic heterocycles. The molecular weight excluding hydrogens is 374 g/mol. The number of nitrogens with zero attached hydrogens (tertiary/aromatic N) is 3. The first kappa shape index (κ1) is 18.6. The molecule has 144 valence electrons. The van der Waals surface area contributed by atoms with E-state index < -0.39 is 0 Å². The van der Waals surface area contributed by atoms with E-state index >= 15 is 0 Å². The Morgan fingerprint density at radius 2 is 1.82 bits per heavy atom. The number of carbonyl (C=O) groups is 1. The van der Waals surface area contributed by atoms with E-state index in [4.69, 9.17) is 16.0 Å². The molecule has 1 fully saturated rings. The van der Waals surface area contributed by atoms with Crippen LogP contribution in [0.5, 0.6) is 0 Å². The lowest BCUT2D eigenvalue weighted by Crippen LogP contribution is -2.50. The summed E-state index contributed by atoms with van der Waals surface area (Å²) in [7, 11) is 0. The molecule has 5 nitrogen and oxygen atoms in total. The number of rotatable bonds is 5. The maximum atomic E-state index is 13.4. The molecule has 1 amide bonds. The lowest BCUT2D eigenvalue weighted by Gasteiger charge is -2.37. The van der Waals surface area contributed by atoms with Gasteiger partial charge in [0.15, 0.2) is 0 Å². The van der Waals surface area contributed by atoms with Crippen LogP contribution in [0.15, 0.2) is 71.5 Å². The van der Waals surface area contributed by atoms with Crippen LogP contribution in [-0.2, 0) is 11.2 Å². The van der Waals surface area contributed by atoms with E-state index in [-0.39, 0.29) is 11.8 Å². The zero-order chi connectivity index (χ0) is 19.3. The summed E-state index contributed by atoms with van der Waals surface area (Å²) < 4.78 is 5.51. The van der Waals surface area contributed by atoms with Crippen molar-refractivity contribution in [3.63, 3.8) is 0 Å². The lowest BCUT2D eigenvalue weighted by molar-refractivity contribution is -0.133. The van der Waals surface area contributed by atoms with Crippen molar-refractivity contribution in [3.8, 4) is 0 Å². The molecule has 0 radical (unpaired) electrons. The fourth-order valence-corrected chi connectivity index (χ4v) is 3.72. The van der Waals surface area contributed by atoms with Crippen molar-refractivity contribution in [2.45, 2.75) is 12.3 Å². The zero-order valence-electron chi connectivity index (χ0n) is 15.5. The van der Waals surface area contributed by atoms with E-state index in [0.717, 1.165) is 30.2 Å². The second-order valence-corrected chi connectivity index (χ2v) is 7.32. The van der Waals surface area contributed by atoms with E-state index in [2.05, 4.69) is 9.88 Å². The van der Waals surface area contributed by atoms with Crippen LogP contribution in [0.25, 0.3) is 0 Å². The minimum Gasteiger partial charge on any atom is -0.469 e. The van der Waals surface area contributed by atoms with Gasteiger partial charge in [-0.05, 0) is 42.0 Å². The van der Waals surface area contributed by atoms with Gasteiger partial charge in [0.1, 0.15) is 11.6 Å². The average molecular weight is 396 g/mol. The van der Waals surface area contributed by atoms with Gasteiger partial charge < -0.3 is 14.2 Å². The summed E-state index contributed by atoms with van der Waals surface area (Å²) in [6.07, 6.45) is 3.98. The smallest absolute Gasteiger partial charge is 0.230 e. The van der Waals surface area contributed by atoms with Gasteiger partial charge in [-0.15, -0.1) is 0 Å². The largest absolute Gasteiger partial charge is 0.469 e. The summed E-state index contributed by atoms with van der Waals surface area (Å²) in [5, 5.41) is 0.664. The van der Waals surface area contributed by atoms with E-state index in [1.165, 1.54) is 0 Å². The van der Waals surface area contributed by atoms with Crippen LogP contribution in [0, 0.1) is 0 Å². The Kier molecular flexibility index (Phi) is 5.63. The molecule has 0 aliphatic carbocycles. The molecule has 0 saturated carbocycles. The summed E-state index contributed by atoms with van der Waals surface area (Å²) in [6, 6.07) is 17.2. The molecule has 3 heterocycles. The third-order valence-electron chi connectivity index (χ3n) is 5.12. The van der Waals surface area contributed by atoms with Crippen molar-refractivity contribution in [1.82, 2.24) is 9.88 Å². The molecule has 1 saturated heterocycles. The van der Waals surface area contributed by atoms with Crippen molar-refractivity contribution in [3.05, 3.63) is 83.4 Å². The van der Waals surface area contributed by atoms with E-state index in [0.29, 0.717) is 24.5 Å². The molecule has 0 bridgehead atoms. The standard InChI is InChI=1S/C22H22ClN3O2/c23-18-8-6-17(7-9-18)20(16-19-4-3-15-28-19)22(27)26-13-11-25(12-14-26)21-5-1-2-10-24-21/h1-10,15,20H,11-14,16H2. The molecule has 0 spiro atoms. The predicted molar refractivity (Wildman–Crippen MR) is 110 cm³/mol. The number of pyridine rings is 1. The Hall–Kier alpha value is -2.79. The van der Waals surface area contributed by atoms with Crippen LogP contribution in [0.2, 0.25) is 5.02 Å². The van der Waals surface area contributed by atoms with Gasteiger partial charge in [-0.1, -0.05) is 29.8 Å². The van der Waals surface area contributed by atoms with Crippen LogP contribution in [0.3, 0.4) is 0 Å². The van der Waals surface area contributed by atoms with Gasteiger partial charge in [-0.25, -0.2) is 4.98 Å². The van der Waals surface area contributed by atoms with Crippen molar-refractivity contribution < 1.29 is 9.21 Å². The first-order chi connectivity index (χ1) is 13.7.